The minimum Gasteiger partial charge on any atom is -0.502 e. The van der Waals surface area contributed by atoms with Crippen LogP contribution in [0.2, 0.25) is 0 Å². The Kier molecular flexibility index (Phi) is 4.17. The van der Waals surface area contributed by atoms with Crippen LogP contribution in [-0.2, 0) is 0 Å². The van der Waals surface area contributed by atoms with E-state index in [0.29, 0.717) is 21.3 Å². The largest absolute Gasteiger partial charge is 0.502 e. The quantitative estimate of drug-likeness (QED) is 0.409. The molecule has 0 aliphatic carbocycles. The van der Waals surface area contributed by atoms with Crippen molar-refractivity contribution >= 4 is 44.9 Å². The number of hydrogen-bond donors (Lipinski definition) is 1. The first-order valence-electron chi connectivity index (χ1n) is 6.63. The predicted molar refractivity (Wildman–Crippen MR) is 90.3 cm³/mol. The number of methoxy groups -OCH3 is 1. The van der Waals surface area contributed by atoms with Crippen LogP contribution in [0.15, 0.2) is 44.2 Å². The molecule has 1 aromatic heterocycles. The molecular formula is C15H10BrN3O5. The Balaban J connectivity index is 1.97. The average molecular weight is 392 g/mol. The van der Waals surface area contributed by atoms with E-state index in [1.807, 2.05) is 0 Å². The lowest BCUT2D eigenvalue weighted by Crippen LogP contribution is -1.92. The Morgan fingerprint density at radius 1 is 1.42 bits per heavy atom. The molecule has 0 amide bonds. The van der Waals surface area contributed by atoms with Gasteiger partial charge in [0.1, 0.15) is 11.3 Å². The van der Waals surface area contributed by atoms with Crippen molar-refractivity contribution in [3.63, 3.8) is 0 Å². The molecule has 3 aromatic rings. The van der Waals surface area contributed by atoms with E-state index in [1.165, 1.54) is 18.3 Å². The molecule has 0 fully saturated rings. The van der Waals surface area contributed by atoms with Gasteiger partial charge in [0.15, 0.2) is 5.58 Å². The van der Waals surface area contributed by atoms with Gasteiger partial charge in [-0.2, -0.15) is 4.98 Å². The molecule has 1 heterocycles. The van der Waals surface area contributed by atoms with Gasteiger partial charge in [0.25, 0.3) is 0 Å². The number of rotatable bonds is 4. The molecule has 0 bridgehead atoms. The predicted octanol–water partition coefficient (Wildman–Crippen LogP) is 3.96. The molecule has 122 valence electrons. The number of oxazole rings is 1. The van der Waals surface area contributed by atoms with Crippen molar-refractivity contribution in [1.82, 2.24) is 4.98 Å². The van der Waals surface area contributed by atoms with E-state index in [1.54, 1.807) is 25.3 Å². The molecule has 8 nitrogen and oxygen atoms in total. The summed E-state index contributed by atoms with van der Waals surface area (Å²) in [6, 6.07) is 7.89. The number of halogens is 1. The third-order valence-electron chi connectivity index (χ3n) is 3.18. The van der Waals surface area contributed by atoms with E-state index in [0.717, 1.165) is 0 Å². The van der Waals surface area contributed by atoms with Crippen molar-refractivity contribution in [2.24, 2.45) is 4.99 Å². The van der Waals surface area contributed by atoms with Gasteiger partial charge in [-0.15, -0.1) is 0 Å². The van der Waals surface area contributed by atoms with E-state index in [4.69, 9.17) is 9.15 Å². The van der Waals surface area contributed by atoms with E-state index in [-0.39, 0.29) is 11.6 Å². The summed E-state index contributed by atoms with van der Waals surface area (Å²) in [6.07, 6.45) is 1.25. The Hall–Kier alpha value is -2.94. The number of phenols is 1. The van der Waals surface area contributed by atoms with Crippen LogP contribution >= 0.6 is 15.9 Å². The molecule has 0 spiro atoms. The molecule has 2 aromatic carbocycles. The van der Waals surface area contributed by atoms with Crippen LogP contribution in [-0.4, -0.2) is 28.3 Å². The van der Waals surface area contributed by atoms with Gasteiger partial charge in [0.2, 0.25) is 5.75 Å². The first kappa shape index (κ1) is 15.9. The zero-order valence-corrected chi connectivity index (χ0v) is 13.8. The van der Waals surface area contributed by atoms with Gasteiger partial charge in [-0.25, -0.2) is 4.99 Å². The summed E-state index contributed by atoms with van der Waals surface area (Å²) in [4.78, 5) is 18.4. The Bertz CT molecular complexity index is 967. The van der Waals surface area contributed by atoms with Gasteiger partial charge in [0, 0.05) is 28.4 Å². The van der Waals surface area contributed by atoms with E-state index in [2.05, 4.69) is 25.9 Å². The van der Waals surface area contributed by atoms with Crippen molar-refractivity contribution in [3.8, 4) is 11.5 Å². The third-order valence-corrected chi connectivity index (χ3v) is 3.64. The fourth-order valence-electron chi connectivity index (χ4n) is 2.04. The van der Waals surface area contributed by atoms with Gasteiger partial charge in [-0.05, 0) is 18.2 Å². The average Bonchev–Trinajstić information content (AvgIpc) is 2.96. The number of aliphatic imine (C=N–C) groups is 1. The zero-order valence-electron chi connectivity index (χ0n) is 12.3. The molecular weight excluding hydrogens is 382 g/mol. The van der Waals surface area contributed by atoms with Gasteiger partial charge >= 0.3 is 11.7 Å². The number of benzene rings is 2. The SMILES string of the molecule is COc1ccc2nc(N=Cc3cc(Br)cc([N+](=O)[O-])c3O)oc2c1. The second kappa shape index (κ2) is 6.28. The van der Waals surface area contributed by atoms with Crippen LogP contribution in [0.3, 0.4) is 0 Å². The van der Waals surface area contributed by atoms with Gasteiger partial charge in [0.05, 0.1) is 12.0 Å². The second-order valence-electron chi connectivity index (χ2n) is 4.71. The van der Waals surface area contributed by atoms with Crippen molar-refractivity contribution in [2.45, 2.75) is 0 Å². The lowest BCUT2D eigenvalue weighted by atomic mass is 10.2. The summed E-state index contributed by atoms with van der Waals surface area (Å²) in [5.41, 5.74) is 0.822. The molecule has 9 heteroatoms. The highest BCUT2D eigenvalue weighted by Crippen LogP contribution is 2.33. The minimum absolute atomic E-state index is 0.0558. The molecule has 24 heavy (non-hydrogen) atoms. The maximum Gasteiger partial charge on any atom is 0.322 e. The molecule has 0 aliphatic rings. The van der Waals surface area contributed by atoms with E-state index < -0.39 is 16.4 Å². The smallest absolute Gasteiger partial charge is 0.322 e. The lowest BCUT2D eigenvalue weighted by molar-refractivity contribution is -0.385. The highest BCUT2D eigenvalue weighted by molar-refractivity contribution is 9.10. The number of hydrogen-bond acceptors (Lipinski definition) is 7. The molecule has 0 aliphatic heterocycles. The van der Waals surface area contributed by atoms with Crippen molar-refractivity contribution in [1.29, 1.82) is 0 Å². The molecule has 0 unspecified atom stereocenters. The summed E-state index contributed by atoms with van der Waals surface area (Å²) in [6.45, 7) is 0. The number of ether oxygens (including phenoxy) is 1. The van der Waals surface area contributed by atoms with Crippen LogP contribution in [0.5, 0.6) is 11.5 Å². The Morgan fingerprint density at radius 3 is 2.92 bits per heavy atom. The fourth-order valence-corrected chi connectivity index (χ4v) is 2.51. The topological polar surface area (TPSA) is 111 Å². The molecule has 1 N–H and O–H groups in total. The Morgan fingerprint density at radius 2 is 2.21 bits per heavy atom. The first-order valence-corrected chi connectivity index (χ1v) is 7.43. The summed E-state index contributed by atoms with van der Waals surface area (Å²) >= 11 is 3.16. The third kappa shape index (κ3) is 3.06. The zero-order chi connectivity index (χ0) is 17.3. The minimum atomic E-state index is -0.677. The molecule has 3 rings (SSSR count). The summed E-state index contributed by atoms with van der Waals surface area (Å²) in [5.74, 6) is 0.138. The maximum atomic E-state index is 10.9. The normalized spacial score (nSPS) is 11.2. The van der Waals surface area contributed by atoms with Gasteiger partial charge < -0.3 is 14.3 Å². The van der Waals surface area contributed by atoms with Crippen LogP contribution in [0.1, 0.15) is 5.56 Å². The van der Waals surface area contributed by atoms with Crippen molar-refractivity contribution in [2.75, 3.05) is 7.11 Å². The monoisotopic (exact) mass is 391 g/mol. The summed E-state index contributed by atoms with van der Waals surface area (Å²) in [5, 5.41) is 20.9. The molecule has 0 radical (unpaired) electrons. The van der Waals surface area contributed by atoms with Crippen LogP contribution in [0.4, 0.5) is 11.7 Å². The van der Waals surface area contributed by atoms with E-state index in [9.17, 15) is 15.2 Å². The molecule has 0 atom stereocenters. The number of fused-ring (bicyclic) bond motifs is 1. The summed E-state index contributed by atoms with van der Waals surface area (Å²) in [7, 11) is 1.54. The maximum absolute atomic E-state index is 10.9. The number of nitro groups is 1. The number of nitrogens with zero attached hydrogens (tertiary/aromatic N) is 3. The summed E-state index contributed by atoms with van der Waals surface area (Å²) < 4.78 is 11.0. The molecule has 0 saturated carbocycles. The number of aromatic hydroxyl groups is 1. The number of aromatic nitrogens is 1. The van der Waals surface area contributed by atoms with Crippen molar-refractivity contribution in [3.05, 3.63) is 50.5 Å². The van der Waals surface area contributed by atoms with Crippen molar-refractivity contribution < 1.29 is 19.2 Å². The molecule has 0 saturated heterocycles. The number of phenolic OH excluding ortho intramolecular Hbond substituents is 1. The Labute approximate surface area is 143 Å². The first-order chi connectivity index (χ1) is 11.5. The number of nitro benzene ring substituents is 1. The van der Waals surface area contributed by atoms with Crippen LogP contribution in [0, 0.1) is 10.1 Å². The van der Waals surface area contributed by atoms with Crippen LogP contribution < -0.4 is 4.74 Å². The highest BCUT2D eigenvalue weighted by atomic mass is 79.9. The van der Waals surface area contributed by atoms with E-state index >= 15 is 0 Å². The van der Waals surface area contributed by atoms with Gasteiger partial charge in [-0.1, -0.05) is 15.9 Å². The highest BCUT2D eigenvalue weighted by Gasteiger charge is 2.17. The standard InChI is InChI=1S/C15H10BrN3O5/c1-23-10-2-3-11-13(6-10)24-15(18-11)17-7-8-4-9(16)5-12(14(8)20)19(21)22/h2-7,20H,1H3. The van der Waals surface area contributed by atoms with Gasteiger partial charge in [-0.3, -0.25) is 10.1 Å². The fraction of sp³-hybridized carbons (Fsp3) is 0.0667. The second-order valence-corrected chi connectivity index (χ2v) is 5.62. The van der Waals surface area contributed by atoms with Crippen LogP contribution in [0.25, 0.3) is 11.1 Å². The lowest BCUT2D eigenvalue weighted by Gasteiger charge is -2.00.